The SMILES string of the molecule is Cc1cccc(NCc2cc(C(C)(c3ccc4c(c3)CN(c3cccc(C)c3)CO4)c3ccc4c(c3)CN(c3cccc(C)c3)CO4)ccc2O)c1. The number of anilines is 3. The van der Waals surface area contributed by atoms with Gasteiger partial charge in [-0.1, -0.05) is 54.6 Å². The molecule has 6 aromatic rings. The first kappa shape index (κ1) is 33.3. The molecular formula is C46H45N3O3. The van der Waals surface area contributed by atoms with Crippen LogP contribution < -0.4 is 24.6 Å². The highest BCUT2D eigenvalue weighted by molar-refractivity contribution is 5.60. The Kier molecular flexibility index (Phi) is 8.76. The van der Waals surface area contributed by atoms with Crippen molar-refractivity contribution in [2.75, 3.05) is 28.6 Å². The van der Waals surface area contributed by atoms with Gasteiger partial charge in [-0.2, -0.15) is 0 Å². The second-order valence-corrected chi connectivity index (χ2v) is 14.5. The molecule has 6 heteroatoms. The third-order valence-corrected chi connectivity index (χ3v) is 10.6. The first-order chi connectivity index (χ1) is 25.2. The molecule has 2 aliphatic heterocycles. The molecule has 0 fully saturated rings. The van der Waals surface area contributed by atoms with Crippen LogP contribution in [-0.2, 0) is 25.0 Å². The van der Waals surface area contributed by atoms with Crippen LogP contribution in [0.5, 0.6) is 17.2 Å². The Bertz CT molecular complexity index is 2160. The van der Waals surface area contributed by atoms with Gasteiger partial charge in [0.25, 0.3) is 0 Å². The minimum absolute atomic E-state index is 0.270. The Morgan fingerprint density at radius 1 is 0.596 bits per heavy atom. The number of hydrogen-bond acceptors (Lipinski definition) is 6. The Balaban J connectivity index is 1.20. The number of ether oxygens (including phenoxy) is 2. The van der Waals surface area contributed by atoms with Gasteiger partial charge in [-0.3, -0.25) is 0 Å². The van der Waals surface area contributed by atoms with Crippen molar-refractivity contribution in [2.45, 2.75) is 52.7 Å². The quantitative estimate of drug-likeness (QED) is 0.155. The fraction of sp³-hybridized carbons (Fsp3) is 0.217. The number of fused-ring (bicyclic) bond motifs is 2. The van der Waals surface area contributed by atoms with Crippen molar-refractivity contribution in [2.24, 2.45) is 0 Å². The summed E-state index contributed by atoms with van der Waals surface area (Å²) < 4.78 is 12.7. The smallest absolute Gasteiger partial charge is 0.161 e. The van der Waals surface area contributed by atoms with Crippen LogP contribution in [0.25, 0.3) is 0 Å². The lowest BCUT2D eigenvalue weighted by molar-refractivity contribution is 0.289. The van der Waals surface area contributed by atoms with E-state index >= 15 is 0 Å². The van der Waals surface area contributed by atoms with E-state index in [4.69, 9.17) is 9.47 Å². The summed E-state index contributed by atoms with van der Waals surface area (Å²) in [6.45, 7) is 11.6. The standard InChI is InChI=1S/C46H45N3O3/c1-31-8-5-11-40(20-31)47-26-34-23-37(14-17-43(34)50)46(4,38-15-18-44-35(24-38)27-48(29-51-44)41-12-6-9-32(2)21-41)39-16-19-45-36(25-39)28-49(30-52-45)42-13-7-10-33(3)22-42/h5-25,47,50H,26-30H2,1-4H3. The highest BCUT2D eigenvalue weighted by Gasteiger charge is 2.35. The second kappa shape index (κ2) is 13.7. The lowest BCUT2D eigenvalue weighted by atomic mass is 9.70. The van der Waals surface area contributed by atoms with E-state index in [9.17, 15) is 5.11 Å². The van der Waals surface area contributed by atoms with Crippen LogP contribution in [0, 0.1) is 20.8 Å². The highest BCUT2D eigenvalue weighted by atomic mass is 16.5. The molecule has 0 radical (unpaired) electrons. The molecule has 0 saturated heterocycles. The molecular weight excluding hydrogens is 643 g/mol. The molecule has 6 nitrogen and oxygen atoms in total. The number of hydrogen-bond donors (Lipinski definition) is 2. The van der Waals surface area contributed by atoms with E-state index in [1.165, 1.54) is 16.7 Å². The van der Waals surface area contributed by atoms with E-state index in [0.717, 1.165) is 75.0 Å². The number of phenols is 1. The highest BCUT2D eigenvalue weighted by Crippen LogP contribution is 2.44. The number of nitrogens with one attached hydrogen (secondary N) is 1. The normalized spacial score (nSPS) is 13.8. The summed E-state index contributed by atoms with van der Waals surface area (Å²) >= 11 is 0. The summed E-state index contributed by atoms with van der Waals surface area (Å²) in [6, 6.07) is 44.8. The summed E-state index contributed by atoms with van der Waals surface area (Å²) in [5.74, 6) is 2.10. The Hall–Kier alpha value is -5.88. The average Bonchev–Trinajstić information content (AvgIpc) is 3.16. The van der Waals surface area contributed by atoms with Gasteiger partial charge in [0.15, 0.2) is 13.5 Å². The zero-order chi connectivity index (χ0) is 35.8. The molecule has 0 atom stereocenters. The summed E-state index contributed by atoms with van der Waals surface area (Å²) in [6.07, 6.45) is 0. The zero-order valence-electron chi connectivity index (χ0n) is 30.3. The lowest BCUT2D eigenvalue weighted by Gasteiger charge is -2.37. The van der Waals surface area contributed by atoms with Crippen molar-refractivity contribution in [1.29, 1.82) is 0 Å². The summed E-state index contributed by atoms with van der Waals surface area (Å²) in [7, 11) is 0. The number of rotatable bonds is 8. The molecule has 0 amide bonds. The van der Waals surface area contributed by atoms with Crippen LogP contribution in [-0.4, -0.2) is 18.6 Å². The maximum Gasteiger partial charge on any atom is 0.161 e. The fourth-order valence-electron chi connectivity index (χ4n) is 7.58. The maximum atomic E-state index is 11.1. The van der Waals surface area contributed by atoms with E-state index < -0.39 is 5.41 Å². The number of phenolic OH excluding ortho intramolecular Hbond substituents is 1. The fourth-order valence-corrected chi connectivity index (χ4v) is 7.58. The van der Waals surface area contributed by atoms with Crippen molar-refractivity contribution in [3.63, 3.8) is 0 Å². The molecule has 0 spiro atoms. The third kappa shape index (κ3) is 6.53. The van der Waals surface area contributed by atoms with Gasteiger partial charge in [0.05, 0.1) is 0 Å². The van der Waals surface area contributed by atoms with Crippen LogP contribution in [0.2, 0.25) is 0 Å². The zero-order valence-corrected chi connectivity index (χ0v) is 30.3. The molecule has 2 aliphatic rings. The number of aryl methyl sites for hydroxylation is 3. The molecule has 0 saturated carbocycles. The summed E-state index contributed by atoms with van der Waals surface area (Å²) in [4.78, 5) is 4.56. The average molecular weight is 688 g/mol. The molecule has 262 valence electrons. The number of nitrogens with zero attached hydrogens (tertiary/aromatic N) is 2. The van der Waals surface area contributed by atoms with E-state index in [-0.39, 0.29) is 5.75 Å². The predicted molar refractivity (Wildman–Crippen MR) is 211 cm³/mol. The van der Waals surface area contributed by atoms with Gasteiger partial charge in [0.1, 0.15) is 17.2 Å². The molecule has 0 aliphatic carbocycles. The topological polar surface area (TPSA) is 57.2 Å². The van der Waals surface area contributed by atoms with Crippen LogP contribution in [0.15, 0.2) is 127 Å². The predicted octanol–water partition coefficient (Wildman–Crippen LogP) is 10.00. The molecule has 0 unspecified atom stereocenters. The minimum Gasteiger partial charge on any atom is -0.508 e. The van der Waals surface area contributed by atoms with E-state index in [0.29, 0.717) is 20.0 Å². The van der Waals surface area contributed by atoms with Gasteiger partial charge in [0.2, 0.25) is 0 Å². The van der Waals surface area contributed by atoms with Crippen molar-refractivity contribution >= 4 is 17.1 Å². The summed E-state index contributed by atoms with van der Waals surface area (Å²) in [5.41, 5.74) is 12.9. The number of aromatic hydroxyl groups is 1. The van der Waals surface area contributed by atoms with Crippen LogP contribution in [0.3, 0.4) is 0 Å². The van der Waals surface area contributed by atoms with Crippen LogP contribution in [0.4, 0.5) is 17.1 Å². The number of benzene rings is 6. The Labute approximate surface area is 306 Å². The lowest BCUT2D eigenvalue weighted by Crippen LogP contribution is -2.33. The third-order valence-electron chi connectivity index (χ3n) is 10.6. The van der Waals surface area contributed by atoms with Gasteiger partial charge in [-0.15, -0.1) is 0 Å². The Morgan fingerprint density at radius 2 is 1.10 bits per heavy atom. The first-order valence-corrected chi connectivity index (χ1v) is 18.0. The maximum absolute atomic E-state index is 11.1. The minimum atomic E-state index is -0.576. The van der Waals surface area contributed by atoms with Crippen LogP contribution >= 0.6 is 0 Å². The second-order valence-electron chi connectivity index (χ2n) is 14.5. The van der Waals surface area contributed by atoms with Crippen molar-refractivity contribution in [3.05, 3.63) is 177 Å². The Morgan fingerprint density at radius 3 is 1.63 bits per heavy atom. The molecule has 2 N–H and O–H groups in total. The monoisotopic (exact) mass is 687 g/mol. The van der Waals surface area contributed by atoms with Crippen molar-refractivity contribution in [3.8, 4) is 17.2 Å². The molecule has 6 aromatic carbocycles. The van der Waals surface area contributed by atoms with Gasteiger partial charge in [-0.05, 0) is 134 Å². The van der Waals surface area contributed by atoms with Crippen molar-refractivity contribution in [1.82, 2.24) is 0 Å². The van der Waals surface area contributed by atoms with Crippen molar-refractivity contribution < 1.29 is 14.6 Å². The van der Waals surface area contributed by atoms with Gasteiger partial charge in [0, 0.05) is 58.8 Å². The van der Waals surface area contributed by atoms with Crippen LogP contribution in [0.1, 0.15) is 57.0 Å². The van der Waals surface area contributed by atoms with Gasteiger partial charge < -0.3 is 29.7 Å². The van der Waals surface area contributed by atoms with E-state index in [1.807, 2.05) is 12.1 Å². The largest absolute Gasteiger partial charge is 0.508 e. The molecule has 52 heavy (non-hydrogen) atoms. The van der Waals surface area contributed by atoms with E-state index in [2.05, 4.69) is 158 Å². The summed E-state index contributed by atoms with van der Waals surface area (Å²) in [5, 5.41) is 14.6. The van der Waals surface area contributed by atoms with Gasteiger partial charge in [-0.25, -0.2) is 0 Å². The molecule has 0 aromatic heterocycles. The van der Waals surface area contributed by atoms with Gasteiger partial charge >= 0.3 is 0 Å². The molecule has 0 bridgehead atoms. The molecule has 2 heterocycles. The van der Waals surface area contributed by atoms with E-state index in [1.54, 1.807) is 0 Å². The molecule has 8 rings (SSSR count). The first-order valence-electron chi connectivity index (χ1n) is 18.0.